The van der Waals surface area contributed by atoms with Gasteiger partial charge in [0, 0.05) is 12.1 Å². The highest BCUT2D eigenvalue weighted by molar-refractivity contribution is 7.99. The molecule has 4 aromatic rings. The Morgan fingerprint density at radius 3 is 2.65 bits per heavy atom. The van der Waals surface area contributed by atoms with Crippen LogP contribution in [0.3, 0.4) is 0 Å². The standard InChI is InChI=1S/C18H17N9O3S/c1-2-26-16(14-4-3-9-30-14)21-23-18(26)31-10-15(28)20-22-17(29)12-5-7-13(8-6-12)27-11-19-24-25-27/h3-9,11H,2,10H2,1H3,(H,20,28)(H,22,29). The Kier molecular flexibility index (Phi) is 6.03. The molecule has 0 aliphatic rings. The van der Waals surface area contributed by atoms with Crippen molar-refractivity contribution >= 4 is 23.6 Å². The van der Waals surface area contributed by atoms with Crippen molar-refractivity contribution in [1.82, 2.24) is 45.8 Å². The number of hydrogen-bond donors (Lipinski definition) is 2. The molecule has 12 nitrogen and oxygen atoms in total. The Morgan fingerprint density at radius 1 is 1.13 bits per heavy atom. The fourth-order valence-electron chi connectivity index (χ4n) is 2.68. The van der Waals surface area contributed by atoms with Gasteiger partial charge in [-0.25, -0.2) is 4.68 Å². The SMILES string of the molecule is CCn1c(SCC(=O)NNC(=O)c2ccc(-n3cnnn3)cc2)nnc1-c1ccco1. The van der Waals surface area contributed by atoms with E-state index in [0.717, 1.165) is 0 Å². The molecule has 0 spiro atoms. The molecule has 2 N–H and O–H groups in total. The highest BCUT2D eigenvalue weighted by Crippen LogP contribution is 2.24. The third kappa shape index (κ3) is 4.61. The van der Waals surface area contributed by atoms with Gasteiger partial charge in [0.2, 0.25) is 5.91 Å². The van der Waals surface area contributed by atoms with Crippen molar-refractivity contribution in [2.24, 2.45) is 0 Å². The summed E-state index contributed by atoms with van der Waals surface area (Å²) in [5, 5.41) is 19.7. The molecule has 0 aliphatic carbocycles. The molecule has 31 heavy (non-hydrogen) atoms. The monoisotopic (exact) mass is 439 g/mol. The lowest BCUT2D eigenvalue weighted by atomic mass is 10.2. The molecule has 0 bridgehead atoms. The molecule has 4 rings (SSSR count). The van der Waals surface area contributed by atoms with Crippen LogP contribution in [0, 0.1) is 0 Å². The van der Waals surface area contributed by atoms with Crippen LogP contribution in [0.15, 0.2) is 58.6 Å². The molecule has 0 unspecified atom stereocenters. The van der Waals surface area contributed by atoms with Crippen molar-refractivity contribution in [3.8, 4) is 17.3 Å². The zero-order valence-electron chi connectivity index (χ0n) is 16.3. The number of carbonyl (C=O) groups excluding carboxylic acids is 2. The lowest BCUT2D eigenvalue weighted by molar-refractivity contribution is -0.119. The molecule has 0 radical (unpaired) electrons. The van der Waals surface area contributed by atoms with Crippen molar-refractivity contribution in [2.45, 2.75) is 18.6 Å². The number of nitrogens with zero attached hydrogens (tertiary/aromatic N) is 7. The first-order chi connectivity index (χ1) is 15.2. The maximum absolute atomic E-state index is 12.2. The average Bonchev–Trinajstić information content (AvgIpc) is 3.56. The van der Waals surface area contributed by atoms with Crippen LogP contribution >= 0.6 is 11.8 Å². The van der Waals surface area contributed by atoms with Crippen LogP contribution in [0.1, 0.15) is 17.3 Å². The van der Waals surface area contributed by atoms with Gasteiger partial charge in [0.25, 0.3) is 5.91 Å². The number of hydrazine groups is 1. The van der Waals surface area contributed by atoms with E-state index in [1.165, 1.54) is 22.8 Å². The number of thioether (sulfide) groups is 1. The summed E-state index contributed by atoms with van der Waals surface area (Å²) >= 11 is 1.21. The van der Waals surface area contributed by atoms with E-state index in [4.69, 9.17) is 4.42 Å². The number of amides is 2. The van der Waals surface area contributed by atoms with Crippen LogP contribution < -0.4 is 10.9 Å². The minimum absolute atomic E-state index is 0.0504. The van der Waals surface area contributed by atoms with Crippen molar-refractivity contribution in [1.29, 1.82) is 0 Å². The molecule has 13 heteroatoms. The molecule has 0 aliphatic heterocycles. The molecule has 3 aromatic heterocycles. The molecule has 0 saturated carbocycles. The Labute approximate surface area is 180 Å². The third-order valence-electron chi connectivity index (χ3n) is 4.17. The fraction of sp³-hybridized carbons (Fsp3) is 0.167. The quantitative estimate of drug-likeness (QED) is 0.319. The molecule has 2 amide bonds. The Morgan fingerprint density at radius 2 is 1.97 bits per heavy atom. The van der Waals surface area contributed by atoms with Crippen molar-refractivity contribution in [2.75, 3.05) is 5.75 Å². The molecular weight excluding hydrogens is 422 g/mol. The van der Waals surface area contributed by atoms with E-state index >= 15 is 0 Å². The van der Waals surface area contributed by atoms with Gasteiger partial charge in [-0.15, -0.1) is 15.3 Å². The van der Waals surface area contributed by atoms with E-state index in [1.807, 2.05) is 11.5 Å². The molecular formula is C18H17N9O3S. The smallest absolute Gasteiger partial charge is 0.269 e. The summed E-state index contributed by atoms with van der Waals surface area (Å²) < 4.78 is 8.68. The molecule has 0 atom stereocenters. The molecule has 3 heterocycles. The third-order valence-corrected chi connectivity index (χ3v) is 5.13. The second kappa shape index (κ2) is 9.21. The summed E-state index contributed by atoms with van der Waals surface area (Å²) in [6.07, 6.45) is 3.01. The van der Waals surface area contributed by atoms with E-state index in [1.54, 1.807) is 42.7 Å². The van der Waals surface area contributed by atoms with Crippen molar-refractivity contribution in [3.05, 3.63) is 54.6 Å². The lowest BCUT2D eigenvalue weighted by Gasteiger charge is -2.08. The summed E-state index contributed by atoms with van der Waals surface area (Å²) in [5.41, 5.74) is 5.86. The van der Waals surface area contributed by atoms with E-state index < -0.39 is 5.91 Å². The zero-order valence-corrected chi connectivity index (χ0v) is 17.1. The number of rotatable bonds is 7. The van der Waals surface area contributed by atoms with Crippen LogP contribution in [0.25, 0.3) is 17.3 Å². The highest BCUT2D eigenvalue weighted by atomic mass is 32.2. The van der Waals surface area contributed by atoms with Crippen LogP contribution in [0.5, 0.6) is 0 Å². The van der Waals surface area contributed by atoms with Gasteiger partial charge in [-0.1, -0.05) is 11.8 Å². The van der Waals surface area contributed by atoms with Gasteiger partial charge in [-0.3, -0.25) is 25.0 Å². The first-order valence-electron chi connectivity index (χ1n) is 9.18. The number of aromatic nitrogens is 7. The second-order valence-electron chi connectivity index (χ2n) is 6.12. The van der Waals surface area contributed by atoms with E-state index in [9.17, 15) is 9.59 Å². The maximum Gasteiger partial charge on any atom is 0.269 e. The van der Waals surface area contributed by atoms with Gasteiger partial charge in [-0.2, -0.15) is 0 Å². The fourth-order valence-corrected chi connectivity index (χ4v) is 3.48. The number of furan rings is 1. The van der Waals surface area contributed by atoms with E-state index in [2.05, 4.69) is 36.6 Å². The van der Waals surface area contributed by atoms with Crippen LogP contribution in [-0.2, 0) is 11.3 Å². The van der Waals surface area contributed by atoms with Crippen LogP contribution in [0.2, 0.25) is 0 Å². The molecule has 0 fully saturated rings. The van der Waals surface area contributed by atoms with Gasteiger partial charge in [0.05, 0.1) is 17.7 Å². The van der Waals surface area contributed by atoms with Gasteiger partial charge in [-0.05, 0) is 53.7 Å². The topological polar surface area (TPSA) is 146 Å². The van der Waals surface area contributed by atoms with Gasteiger partial charge >= 0.3 is 0 Å². The number of tetrazole rings is 1. The number of benzene rings is 1. The van der Waals surface area contributed by atoms with Gasteiger partial charge in [0.1, 0.15) is 6.33 Å². The number of hydrogen-bond acceptors (Lipinski definition) is 9. The molecule has 0 saturated heterocycles. The zero-order chi connectivity index (χ0) is 21.6. The van der Waals surface area contributed by atoms with Crippen molar-refractivity contribution < 1.29 is 14.0 Å². The lowest BCUT2D eigenvalue weighted by Crippen LogP contribution is -2.42. The van der Waals surface area contributed by atoms with Crippen LogP contribution in [0.4, 0.5) is 0 Å². The Hall–Kier alpha value is -4.00. The summed E-state index contributed by atoms with van der Waals surface area (Å²) in [4.78, 5) is 24.4. The van der Waals surface area contributed by atoms with Crippen LogP contribution in [-0.4, -0.2) is 52.5 Å². The maximum atomic E-state index is 12.2. The minimum Gasteiger partial charge on any atom is -0.461 e. The van der Waals surface area contributed by atoms with E-state index in [-0.39, 0.29) is 11.7 Å². The largest absolute Gasteiger partial charge is 0.461 e. The minimum atomic E-state index is -0.446. The van der Waals surface area contributed by atoms with Crippen molar-refractivity contribution in [3.63, 3.8) is 0 Å². The second-order valence-corrected chi connectivity index (χ2v) is 7.06. The molecule has 158 valence electrons. The summed E-state index contributed by atoms with van der Waals surface area (Å²) in [6, 6.07) is 10.2. The Bertz CT molecular complexity index is 1150. The summed E-state index contributed by atoms with van der Waals surface area (Å²) in [5.74, 6) is 0.416. The summed E-state index contributed by atoms with van der Waals surface area (Å²) in [7, 11) is 0. The van der Waals surface area contributed by atoms with Gasteiger partial charge < -0.3 is 4.42 Å². The summed E-state index contributed by atoms with van der Waals surface area (Å²) in [6.45, 7) is 2.56. The predicted molar refractivity (Wildman–Crippen MR) is 109 cm³/mol. The number of carbonyl (C=O) groups is 2. The molecule has 1 aromatic carbocycles. The Balaban J connectivity index is 1.29. The van der Waals surface area contributed by atoms with E-state index in [0.29, 0.717) is 34.5 Å². The highest BCUT2D eigenvalue weighted by Gasteiger charge is 2.16. The average molecular weight is 439 g/mol. The first-order valence-corrected chi connectivity index (χ1v) is 10.2. The first kappa shape index (κ1) is 20.3. The normalized spacial score (nSPS) is 10.7. The van der Waals surface area contributed by atoms with Gasteiger partial charge in [0.15, 0.2) is 16.7 Å². The number of nitrogens with one attached hydrogen (secondary N) is 2. The predicted octanol–water partition coefficient (Wildman–Crippen LogP) is 1.09.